The van der Waals surface area contributed by atoms with Crippen molar-refractivity contribution in [3.05, 3.63) is 29.8 Å². The molecule has 1 saturated heterocycles. The van der Waals surface area contributed by atoms with Crippen molar-refractivity contribution in [2.45, 2.75) is 51.0 Å². The highest BCUT2D eigenvalue weighted by molar-refractivity contribution is 5.85. The monoisotopic (exact) mass is 354 g/mol. The molecule has 1 fully saturated rings. The number of carbonyl (C=O) groups is 1. The molecule has 1 aliphatic rings. The largest absolute Gasteiger partial charge is 0.497 e. The molecule has 1 aromatic rings. The van der Waals surface area contributed by atoms with E-state index in [-0.39, 0.29) is 12.4 Å². The molecule has 0 aromatic heterocycles. The van der Waals surface area contributed by atoms with Crippen LogP contribution in [0.4, 0.5) is 0 Å². The van der Waals surface area contributed by atoms with Gasteiger partial charge in [0.1, 0.15) is 5.75 Å². The van der Waals surface area contributed by atoms with Crippen molar-refractivity contribution in [3.63, 3.8) is 0 Å². The van der Waals surface area contributed by atoms with Crippen LogP contribution in [-0.4, -0.2) is 44.1 Å². The molecular formula is C19H31ClN2O2. The number of rotatable bonds is 9. The summed E-state index contributed by atoms with van der Waals surface area (Å²) in [6, 6.07) is 8.67. The predicted octanol–water partition coefficient (Wildman–Crippen LogP) is 3.43. The van der Waals surface area contributed by atoms with E-state index in [0.29, 0.717) is 18.4 Å². The molecule has 0 saturated carbocycles. The summed E-state index contributed by atoms with van der Waals surface area (Å²) in [5.41, 5.74) is 1.34. The molecule has 1 unspecified atom stereocenters. The zero-order valence-electron chi connectivity index (χ0n) is 14.9. The minimum absolute atomic E-state index is 0. The molecule has 24 heavy (non-hydrogen) atoms. The van der Waals surface area contributed by atoms with Crippen molar-refractivity contribution in [1.29, 1.82) is 0 Å². The van der Waals surface area contributed by atoms with Crippen LogP contribution >= 0.6 is 12.4 Å². The second kappa shape index (κ2) is 11.3. The van der Waals surface area contributed by atoms with Crippen LogP contribution < -0.4 is 10.1 Å². The average Bonchev–Trinajstić information content (AvgIpc) is 3.04. The highest BCUT2D eigenvalue weighted by Gasteiger charge is 2.27. The van der Waals surface area contributed by atoms with Crippen LogP contribution in [0.5, 0.6) is 5.75 Å². The topological polar surface area (TPSA) is 41.6 Å². The first-order chi connectivity index (χ1) is 11.2. The third-order valence-electron chi connectivity index (χ3n) is 4.65. The first-order valence-electron chi connectivity index (χ1n) is 8.81. The van der Waals surface area contributed by atoms with Gasteiger partial charge in [0.2, 0.25) is 5.91 Å². The molecule has 1 amide bonds. The van der Waals surface area contributed by atoms with Crippen molar-refractivity contribution in [3.8, 4) is 5.75 Å². The van der Waals surface area contributed by atoms with Crippen LogP contribution in [0.25, 0.3) is 0 Å². The maximum Gasteiger partial charge on any atom is 0.222 e. The van der Waals surface area contributed by atoms with E-state index in [1.54, 1.807) is 7.11 Å². The quantitative estimate of drug-likeness (QED) is 0.691. The minimum Gasteiger partial charge on any atom is -0.497 e. The van der Waals surface area contributed by atoms with E-state index in [4.69, 9.17) is 4.74 Å². The molecule has 0 spiro atoms. The zero-order chi connectivity index (χ0) is 16.5. The van der Waals surface area contributed by atoms with Crippen molar-refractivity contribution in [1.82, 2.24) is 10.2 Å². The normalized spacial score (nSPS) is 16.8. The summed E-state index contributed by atoms with van der Waals surface area (Å²) in [6.45, 7) is 1.86. The van der Waals surface area contributed by atoms with Crippen LogP contribution in [0.2, 0.25) is 0 Å². The van der Waals surface area contributed by atoms with Crippen molar-refractivity contribution < 1.29 is 9.53 Å². The third kappa shape index (κ3) is 6.33. The lowest BCUT2D eigenvalue weighted by Crippen LogP contribution is -2.40. The number of aryl methyl sites for hydroxylation is 1. The van der Waals surface area contributed by atoms with Gasteiger partial charge in [-0.25, -0.2) is 0 Å². The molecule has 1 heterocycles. The minimum atomic E-state index is 0. The number of benzene rings is 1. The van der Waals surface area contributed by atoms with Crippen LogP contribution in [0, 0.1) is 0 Å². The molecule has 0 radical (unpaired) electrons. The van der Waals surface area contributed by atoms with Gasteiger partial charge in [0, 0.05) is 25.6 Å². The first-order valence-corrected chi connectivity index (χ1v) is 8.81. The third-order valence-corrected chi connectivity index (χ3v) is 4.65. The van der Waals surface area contributed by atoms with Gasteiger partial charge in [0.25, 0.3) is 0 Å². The van der Waals surface area contributed by atoms with E-state index in [1.807, 2.05) is 19.2 Å². The lowest BCUT2D eigenvalue weighted by molar-refractivity contribution is -0.132. The number of halogens is 1. The van der Waals surface area contributed by atoms with Gasteiger partial charge in [-0.05, 0) is 56.8 Å². The maximum absolute atomic E-state index is 12.3. The zero-order valence-corrected chi connectivity index (χ0v) is 15.7. The standard InChI is InChI=1S/C19H30N2O2.ClH/c1-20-15-17-8-6-14-21(17)19(22)9-5-3-4-7-16-10-12-18(23-2)13-11-16;/h10-13,17,20H,3-9,14-15H2,1-2H3;1H. The lowest BCUT2D eigenvalue weighted by Gasteiger charge is -2.24. The lowest BCUT2D eigenvalue weighted by atomic mass is 10.1. The van der Waals surface area contributed by atoms with Crippen LogP contribution in [0.1, 0.15) is 44.1 Å². The fraction of sp³-hybridized carbons (Fsp3) is 0.632. The fourth-order valence-corrected chi connectivity index (χ4v) is 3.33. The number of unbranched alkanes of at least 4 members (excludes halogenated alkanes) is 2. The predicted molar refractivity (Wildman–Crippen MR) is 101 cm³/mol. The van der Waals surface area contributed by atoms with E-state index in [2.05, 4.69) is 22.3 Å². The van der Waals surface area contributed by atoms with Crippen LogP contribution in [-0.2, 0) is 11.2 Å². The Hall–Kier alpha value is -1.26. The number of methoxy groups -OCH3 is 1. The van der Waals surface area contributed by atoms with Crippen LogP contribution in [0.3, 0.4) is 0 Å². The number of ether oxygens (including phenoxy) is 1. The van der Waals surface area contributed by atoms with Gasteiger partial charge in [0.15, 0.2) is 0 Å². The highest BCUT2D eigenvalue weighted by atomic mass is 35.5. The summed E-state index contributed by atoms with van der Waals surface area (Å²) < 4.78 is 5.17. The SMILES string of the molecule is CNCC1CCCN1C(=O)CCCCCc1ccc(OC)cc1.Cl. The van der Waals surface area contributed by atoms with Crippen molar-refractivity contribution in [2.75, 3.05) is 27.2 Å². The number of hydrogen-bond donors (Lipinski definition) is 1. The molecule has 136 valence electrons. The molecule has 1 aliphatic heterocycles. The van der Waals surface area contributed by atoms with Gasteiger partial charge < -0.3 is 15.0 Å². The van der Waals surface area contributed by atoms with Gasteiger partial charge in [-0.3, -0.25) is 4.79 Å². The van der Waals surface area contributed by atoms with E-state index in [9.17, 15) is 4.79 Å². The molecular weight excluding hydrogens is 324 g/mol. The number of amides is 1. The molecule has 1 N–H and O–H groups in total. The van der Waals surface area contributed by atoms with Gasteiger partial charge in [0.05, 0.1) is 7.11 Å². The van der Waals surface area contributed by atoms with Crippen molar-refractivity contribution in [2.24, 2.45) is 0 Å². The maximum atomic E-state index is 12.3. The molecule has 4 nitrogen and oxygen atoms in total. The Bertz CT molecular complexity index is 479. The Balaban J connectivity index is 0.00000288. The Kier molecular flexibility index (Phi) is 9.80. The smallest absolute Gasteiger partial charge is 0.222 e. The number of hydrogen-bond acceptors (Lipinski definition) is 3. The summed E-state index contributed by atoms with van der Waals surface area (Å²) in [7, 11) is 3.65. The average molecular weight is 355 g/mol. The van der Waals surface area contributed by atoms with E-state index in [1.165, 1.54) is 5.56 Å². The Morgan fingerprint density at radius 1 is 1.25 bits per heavy atom. The molecule has 5 heteroatoms. The summed E-state index contributed by atoms with van der Waals surface area (Å²) in [5.74, 6) is 1.24. The molecule has 2 rings (SSSR count). The summed E-state index contributed by atoms with van der Waals surface area (Å²) >= 11 is 0. The van der Waals surface area contributed by atoms with Crippen LogP contribution in [0.15, 0.2) is 24.3 Å². The van der Waals surface area contributed by atoms with Gasteiger partial charge in [-0.2, -0.15) is 0 Å². The summed E-state index contributed by atoms with van der Waals surface area (Å²) in [5, 5.41) is 3.19. The number of nitrogens with one attached hydrogen (secondary N) is 1. The van der Waals surface area contributed by atoms with E-state index < -0.39 is 0 Å². The number of carbonyl (C=O) groups excluding carboxylic acids is 1. The highest BCUT2D eigenvalue weighted by Crippen LogP contribution is 2.19. The molecule has 0 aliphatic carbocycles. The Morgan fingerprint density at radius 3 is 2.67 bits per heavy atom. The van der Waals surface area contributed by atoms with Gasteiger partial charge in [-0.1, -0.05) is 18.6 Å². The van der Waals surface area contributed by atoms with E-state index in [0.717, 1.165) is 57.4 Å². The molecule has 1 atom stereocenters. The number of nitrogens with zero attached hydrogens (tertiary/aromatic N) is 1. The number of likely N-dealkylation sites (tertiary alicyclic amines) is 1. The Morgan fingerprint density at radius 2 is 2.00 bits per heavy atom. The molecule has 0 bridgehead atoms. The van der Waals surface area contributed by atoms with Gasteiger partial charge >= 0.3 is 0 Å². The summed E-state index contributed by atoms with van der Waals surface area (Å²) in [4.78, 5) is 14.4. The second-order valence-electron chi connectivity index (χ2n) is 6.35. The Labute approximate surface area is 152 Å². The second-order valence-corrected chi connectivity index (χ2v) is 6.35. The first kappa shape index (κ1) is 20.8. The molecule has 1 aromatic carbocycles. The van der Waals surface area contributed by atoms with Crippen molar-refractivity contribution >= 4 is 18.3 Å². The number of likely N-dealkylation sites (N-methyl/N-ethyl adjacent to an activating group) is 1. The fourth-order valence-electron chi connectivity index (χ4n) is 3.33. The summed E-state index contributed by atoms with van der Waals surface area (Å²) in [6.07, 6.45) is 7.31. The van der Waals surface area contributed by atoms with Gasteiger partial charge in [-0.15, -0.1) is 12.4 Å². The van der Waals surface area contributed by atoms with E-state index >= 15 is 0 Å².